The van der Waals surface area contributed by atoms with Crippen molar-refractivity contribution in [3.63, 3.8) is 0 Å². The van der Waals surface area contributed by atoms with Gasteiger partial charge in [0.15, 0.2) is 0 Å². The first kappa shape index (κ1) is 21.8. The number of hydrogen-bond donors (Lipinski definition) is 1. The van der Waals surface area contributed by atoms with Crippen LogP contribution in [0.25, 0.3) is 0 Å². The van der Waals surface area contributed by atoms with E-state index in [0.717, 1.165) is 35.8 Å². The van der Waals surface area contributed by atoms with Crippen molar-refractivity contribution >= 4 is 0 Å². The van der Waals surface area contributed by atoms with Crippen LogP contribution >= 0.6 is 0 Å². The van der Waals surface area contributed by atoms with E-state index in [-0.39, 0.29) is 16.9 Å². The summed E-state index contributed by atoms with van der Waals surface area (Å²) in [5.74, 6) is 1.23. The van der Waals surface area contributed by atoms with Gasteiger partial charge >= 0.3 is 0 Å². The Morgan fingerprint density at radius 1 is 0.966 bits per heavy atom. The van der Waals surface area contributed by atoms with Crippen LogP contribution in [0.1, 0.15) is 89.7 Å². The maximum atomic E-state index is 11.2. The first-order valence-electron chi connectivity index (χ1n) is 11.0. The Balaban J connectivity index is 2.19. The molecule has 0 bridgehead atoms. The molecule has 1 aromatic carbocycles. The molecule has 0 aliphatic carbocycles. The summed E-state index contributed by atoms with van der Waals surface area (Å²) in [4.78, 5) is 7.33. The van der Waals surface area contributed by atoms with Crippen molar-refractivity contribution in [2.45, 2.75) is 78.2 Å². The topological polar surface area (TPSA) is 36.4 Å². The van der Waals surface area contributed by atoms with Gasteiger partial charge in [0.1, 0.15) is 5.75 Å². The second kappa shape index (κ2) is 8.10. The summed E-state index contributed by atoms with van der Waals surface area (Å²) >= 11 is 0. The lowest BCUT2D eigenvalue weighted by molar-refractivity contribution is 0.155. The summed E-state index contributed by atoms with van der Waals surface area (Å²) in [6.45, 7) is 17.6. The molecule has 2 aromatic rings. The average Bonchev–Trinajstić information content (AvgIpc) is 2.63. The summed E-state index contributed by atoms with van der Waals surface area (Å²) in [5.41, 5.74) is 4.10. The Morgan fingerprint density at radius 3 is 1.97 bits per heavy atom. The molecule has 1 aliphatic heterocycles. The van der Waals surface area contributed by atoms with Crippen molar-refractivity contribution in [3.05, 3.63) is 58.9 Å². The highest BCUT2D eigenvalue weighted by molar-refractivity contribution is 5.51. The number of aromatic nitrogens is 1. The molecule has 1 fully saturated rings. The highest BCUT2D eigenvalue weighted by Gasteiger charge is 2.32. The van der Waals surface area contributed by atoms with Crippen LogP contribution in [-0.2, 0) is 10.8 Å². The van der Waals surface area contributed by atoms with Crippen LogP contribution in [0, 0.1) is 5.92 Å². The van der Waals surface area contributed by atoms with Crippen LogP contribution in [0.3, 0.4) is 0 Å². The molecule has 3 rings (SSSR count). The largest absolute Gasteiger partial charge is 0.507 e. The number of piperidine rings is 1. The molecule has 0 unspecified atom stereocenters. The average molecular weight is 395 g/mol. The van der Waals surface area contributed by atoms with Crippen LogP contribution in [0.15, 0.2) is 36.5 Å². The molecule has 1 aliphatic rings. The minimum Gasteiger partial charge on any atom is -0.507 e. The van der Waals surface area contributed by atoms with Gasteiger partial charge in [-0.25, -0.2) is 0 Å². The van der Waals surface area contributed by atoms with E-state index in [4.69, 9.17) is 4.98 Å². The first-order chi connectivity index (χ1) is 13.5. The third-order valence-electron chi connectivity index (χ3n) is 6.22. The predicted molar refractivity (Wildman–Crippen MR) is 122 cm³/mol. The third-order valence-corrected chi connectivity index (χ3v) is 6.22. The van der Waals surface area contributed by atoms with Gasteiger partial charge in [-0.05, 0) is 83.6 Å². The van der Waals surface area contributed by atoms with Gasteiger partial charge in [-0.3, -0.25) is 9.88 Å². The molecular weight excluding hydrogens is 356 g/mol. The van der Waals surface area contributed by atoms with E-state index in [2.05, 4.69) is 77.6 Å². The number of phenolic OH excluding ortho intramolecular Hbond substituents is 1. The Labute approximate surface area is 177 Å². The molecule has 2 heterocycles. The number of phenols is 1. The second-order valence-corrected chi connectivity index (χ2v) is 10.8. The fourth-order valence-electron chi connectivity index (χ4n) is 4.35. The van der Waals surface area contributed by atoms with Gasteiger partial charge in [0, 0.05) is 6.20 Å². The van der Waals surface area contributed by atoms with E-state index < -0.39 is 0 Å². The second-order valence-electron chi connectivity index (χ2n) is 10.8. The Morgan fingerprint density at radius 2 is 1.52 bits per heavy atom. The zero-order chi connectivity index (χ0) is 21.4. The van der Waals surface area contributed by atoms with Crippen LogP contribution < -0.4 is 0 Å². The summed E-state index contributed by atoms with van der Waals surface area (Å²) in [6, 6.07) is 10.8. The molecule has 158 valence electrons. The van der Waals surface area contributed by atoms with Crippen LogP contribution in [0.5, 0.6) is 5.75 Å². The minimum absolute atomic E-state index is 0.117. The fraction of sp³-hybridized carbons (Fsp3) is 0.577. The lowest BCUT2D eigenvalue weighted by Crippen LogP contribution is -2.37. The van der Waals surface area contributed by atoms with Crippen molar-refractivity contribution in [2.24, 2.45) is 5.92 Å². The molecule has 1 saturated heterocycles. The quantitative estimate of drug-likeness (QED) is 0.673. The lowest BCUT2D eigenvalue weighted by atomic mass is 9.77. The fourth-order valence-corrected chi connectivity index (χ4v) is 4.35. The Hall–Kier alpha value is -1.87. The van der Waals surface area contributed by atoms with E-state index in [1.165, 1.54) is 18.4 Å². The van der Waals surface area contributed by atoms with Crippen molar-refractivity contribution in [3.8, 4) is 5.75 Å². The van der Waals surface area contributed by atoms with E-state index >= 15 is 0 Å². The van der Waals surface area contributed by atoms with Crippen LogP contribution in [-0.4, -0.2) is 28.1 Å². The number of rotatable bonds is 3. The van der Waals surface area contributed by atoms with Crippen LogP contribution in [0.2, 0.25) is 0 Å². The van der Waals surface area contributed by atoms with Crippen molar-refractivity contribution < 1.29 is 5.11 Å². The van der Waals surface area contributed by atoms with Gasteiger partial charge in [-0.1, -0.05) is 54.5 Å². The number of benzene rings is 1. The highest BCUT2D eigenvalue weighted by atomic mass is 16.3. The van der Waals surface area contributed by atoms with E-state index in [1.54, 1.807) is 0 Å². The smallest absolute Gasteiger partial charge is 0.123 e. The normalized spacial score (nSPS) is 18.0. The van der Waals surface area contributed by atoms with Gasteiger partial charge < -0.3 is 5.11 Å². The molecule has 0 amide bonds. The number of nitrogens with zero attached hydrogens (tertiary/aromatic N) is 2. The third kappa shape index (κ3) is 4.83. The molecule has 0 spiro atoms. The molecule has 3 nitrogen and oxygen atoms in total. The molecule has 1 N–H and O–H groups in total. The van der Waals surface area contributed by atoms with Gasteiger partial charge in [-0.2, -0.15) is 0 Å². The van der Waals surface area contributed by atoms with Crippen molar-refractivity contribution in [1.29, 1.82) is 0 Å². The number of aromatic hydroxyl groups is 1. The molecule has 29 heavy (non-hydrogen) atoms. The SMILES string of the molecule is CC1CCN([C@H](c2cc(C(C)(C)C)c(O)c(C(C)(C)C)c2)c2ccccn2)CC1. The standard InChI is InChI=1S/C26H38N2O/c1-18-11-14-28(15-12-18)23(22-10-8-9-13-27-22)19-16-20(25(2,3)4)24(29)21(17-19)26(5,6)7/h8-10,13,16-18,23,29H,11-12,14-15H2,1-7H3/t23-/m1/s1. The lowest BCUT2D eigenvalue weighted by Gasteiger charge is -2.38. The van der Waals surface area contributed by atoms with E-state index in [0.29, 0.717) is 5.75 Å². The monoisotopic (exact) mass is 394 g/mol. The highest BCUT2D eigenvalue weighted by Crippen LogP contribution is 2.43. The maximum absolute atomic E-state index is 11.2. The predicted octanol–water partition coefficient (Wildman–Crippen LogP) is 6.20. The van der Waals surface area contributed by atoms with Gasteiger partial charge in [0.25, 0.3) is 0 Å². The zero-order valence-corrected chi connectivity index (χ0v) is 19.3. The molecular formula is C26H38N2O. The number of likely N-dealkylation sites (tertiary alicyclic amines) is 1. The van der Waals surface area contributed by atoms with Crippen molar-refractivity contribution in [2.75, 3.05) is 13.1 Å². The molecule has 1 aromatic heterocycles. The van der Waals surface area contributed by atoms with E-state index in [9.17, 15) is 5.11 Å². The summed E-state index contributed by atoms with van der Waals surface area (Å²) in [7, 11) is 0. The van der Waals surface area contributed by atoms with Gasteiger partial charge in [-0.15, -0.1) is 0 Å². The van der Waals surface area contributed by atoms with Crippen molar-refractivity contribution in [1.82, 2.24) is 9.88 Å². The minimum atomic E-state index is -0.134. The summed E-state index contributed by atoms with van der Waals surface area (Å²) < 4.78 is 0. The summed E-state index contributed by atoms with van der Waals surface area (Å²) in [5, 5.41) is 11.2. The van der Waals surface area contributed by atoms with Crippen LogP contribution in [0.4, 0.5) is 0 Å². The summed E-state index contributed by atoms with van der Waals surface area (Å²) in [6.07, 6.45) is 4.34. The molecule has 0 radical (unpaired) electrons. The number of pyridine rings is 1. The maximum Gasteiger partial charge on any atom is 0.123 e. The van der Waals surface area contributed by atoms with Gasteiger partial charge in [0.05, 0.1) is 11.7 Å². The molecule has 0 saturated carbocycles. The number of hydrogen-bond acceptors (Lipinski definition) is 3. The van der Waals surface area contributed by atoms with E-state index in [1.807, 2.05) is 12.3 Å². The Kier molecular flexibility index (Phi) is 6.10. The first-order valence-corrected chi connectivity index (χ1v) is 11.0. The zero-order valence-electron chi connectivity index (χ0n) is 19.3. The molecule has 1 atom stereocenters. The van der Waals surface area contributed by atoms with Gasteiger partial charge in [0.2, 0.25) is 0 Å². The Bertz CT molecular complexity index is 787. The molecule has 3 heteroatoms.